The molecular weight excluding hydrogens is 278 g/mol. The molecule has 0 unspecified atom stereocenters. The van der Waals surface area contributed by atoms with Crippen molar-refractivity contribution in [1.29, 1.82) is 0 Å². The molecule has 2 nitrogen and oxygen atoms in total. The molecule has 2 aromatic carbocycles. The second kappa shape index (κ2) is 6.37. The first-order valence-corrected chi connectivity index (χ1v) is 7.67. The second-order valence-electron chi connectivity index (χ2n) is 4.69. The van der Waals surface area contributed by atoms with Gasteiger partial charge in [-0.2, -0.15) is 0 Å². The largest absolute Gasteiger partial charge is 0.348 e. The molecule has 0 bridgehead atoms. The number of carbonyl (C=O) groups excluding carboxylic acids is 1. The van der Waals surface area contributed by atoms with Crippen LogP contribution >= 0.6 is 11.3 Å². The highest BCUT2D eigenvalue weighted by Crippen LogP contribution is 2.29. The van der Waals surface area contributed by atoms with E-state index in [-0.39, 0.29) is 5.91 Å². The minimum atomic E-state index is -0.0409. The number of benzene rings is 2. The van der Waals surface area contributed by atoms with E-state index in [2.05, 4.69) is 28.9 Å². The van der Waals surface area contributed by atoms with Crippen LogP contribution in [0.5, 0.6) is 0 Å². The number of hydrogen-bond acceptors (Lipinski definition) is 2. The molecule has 1 aromatic heterocycles. The fraction of sp³-hybridized carbons (Fsp3) is 0.0556. The quantitative estimate of drug-likeness (QED) is 0.761. The molecular formula is C18H15NOS. The van der Waals surface area contributed by atoms with Crippen LogP contribution in [0.4, 0.5) is 0 Å². The van der Waals surface area contributed by atoms with Gasteiger partial charge >= 0.3 is 0 Å². The molecule has 0 atom stereocenters. The fourth-order valence-electron chi connectivity index (χ4n) is 2.18. The molecule has 104 valence electrons. The molecule has 0 aliphatic carbocycles. The van der Waals surface area contributed by atoms with Gasteiger partial charge in [0.2, 0.25) is 0 Å². The summed E-state index contributed by atoms with van der Waals surface area (Å²) < 4.78 is 0. The minimum Gasteiger partial charge on any atom is -0.348 e. The molecule has 0 saturated heterocycles. The molecule has 0 fully saturated rings. The SMILES string of the molecule is O=C(NCc1ccsc1-c1ccccc1)c1ccccc1. The maximum atomic E-state index is 12.1. The van der Waals surface area contributed by atoms with Crippen molar-refractivity contribution < 1.29 is 4.79 Å². The van der Waals surface area contributed by atoms with E-state index in [4.69, 9.17) is 0 Å². The number of hydrogen-bond donors (Lipinski definition) is 1. The van der Waals surface area contributed by atoms with Crippen molar-refractivity contribution in [2.24, 2.45) is 0 Å². The molecule has 0 radical (unpaired) electrons. The zero-order valence-electron chi connectivity index (χ0n) is 11.5. The Morgan fingerprint density at radius 2 is 1.57 bits per heavy atom. The zero-order chi connectivity index (χ0) is 14.5. The maximum Gasteiger partial charge on any atom is 0.251 e. The minimum absolute atomic E-state index is 0.0409. The zero-order valence-corrected chi connectivity index (χ0v) is 12.3. The van der Waals surface area contributed by atoms with Gasteiger partial charge in [0, 0.05) is 17.0 Å². The first-order valence-electron chi connectivity index (χ1n) is 6.79. The van der Waals surface area contributed by atoms with Gasteiger partial charge < -0.3 is 5.32 Å². The number of carbonyl (C=O) groups is 1. The van der Waals surface area contributed by atoms with Crippen molar-refractivity contribution >= 4 is 17.2 Å². The van der Waals surface area contributed by atoms with E-state index in [0.717, 1.165) is 5.56 Å². The summed E-state index contributed by atoms with van der Waals surface area (Å²) in [6.07, 6.45) is 0. The van der Waals surface area contributed by atoms with Crippen LogP contribution in [-0.4, -0.2) is 5.91 Å². The molecule has 3 rings (SSSR count). The number of amides is 1. The number of nitrogens with one attached hydrogen (secondary N) is 1. The first kappa shape index (κ1) is 13.6. The van der Waals surface area contributed by atoms with E-state index in [1.807, 2.05) is 48.5 Å². The molecule has 0 saturated carbocycles. The van der Waals surface area contributed by atoms with Gasteiger partial charge in [0.25, 0.3) is 5.91 Å². The van der Waals surface area contributed by atoms with Crippen molar-refractivity contribution in [3.8, 4) is 10.4 Å². The van der Waals surface area contributed by atoms with E-state index in [1.165, 1.54) is 10.4 Å². The maximum absolute atomic E-state index is 12.1. The van der Waals surface area contributed by atoms with Gasteiger partial charge in [0.05, 0.1) is 0 Å². The number of rotatable bonds is 4. The summed E-state index contributed by atoms with van der Waals surface area (Å²) in [6.45, 7) is 0.543. The topological polar surface area (TPSA) is 29.1 Å². The Kier molecular flexibility index (Phi) is 4.12. The van der Waals surface area contributed by atoms with Crippen LogP contribution in [0.25, 0.3) is 10.4 Å². The Bertz CT molecular complexity index is 719. The molecule has 3 aromatic rings. The van der Waals surface area contributed by atoms with Crippen LogP contribution < -0.4 is 5.32 Å². The van der Waals surface area contributed by atoms with Crippen molar-refractivity contribution in [2.45, 2.75) is 6.54 Å². The standard InChI is InChI=1S/C18H15NOS/c20-18(15-9-5-2-6-10-15)19-13-16-11-12-21-17(16)14-7-3-1-4-8-14/h1-12H,13H2,(H,19,20). The van der Waals surface area contributed by atoms with Crippen LogP contribution in [-0.2, 0) is 6.54 Å². The van der Waals surface area contributed by atoms with Crippen molar-refractivity contribution in [2.75, 3.05) is 0 Å². The third-order valence-electron chi connectivity index (χ3n) is 3.26. The van der Waals surface area contributed by atoms with E-state index in [1.54, 1.807) is 11.3 Å². The van der Waals surface area contributed by atoms with Crippen molar-refractivity contribution in [3.05, 3.63) is 83.2 Å². The predicted octanol–water partition coefficient (Wildman–Crippen LogP) is 4.35. The first-order chi connectivity index (χ1) is 10.3. The lowest BCUT2D eigenvalue weighted by Gasteiger charge is -2.07. The lowest BCUT2D eigenvalue weighted by molar-refractivity contribution is 0.0951. The molecule has 0 spiro atoms. The Labute approximate surface area is 128 Å². The molecule has 1 heterocycles. The van der Waals surface area contributed by atoms with Gasteiger partial charge in [-0.05, 0) is 34.7 Å². The molecule has 0 aliphatic rings. The highest BCUT2D eigenvalue weighted by atomic mass is 32.1. The summed E-state index contributed by atoms with van der Waals surface area (Å²) in [5, 5.41) is 5.04. The normalized spacial score (nSPS) is 10.3. The Morgan fingerprint density at radius 3 is 2.29 bits per heavy atom. The highest BCUT2D eigenvalue weighted by molar-refractivity contribution is 7.13. The van der Waals surface area contributed by atoms with E-state index in [0.29, 0.717) is 12.1 Å². The van der Waals surface area contributed by atoms with E-state index in [9.17, 15) is 4.79 Å². The van der Waals surface area contributed by atoms with Crippen molar-refractivity contribution in [1.82, 2.24) is 5.32 Å². The van der Waals surface area contributed by atoms with Crippen LogP contribution in [0, 0.1) is 0 Å². The van der Waals surface area contributed by atoms with Gasteiger partial charge in [-0.1, -0.05) is 48.5 Å². The van der Waals surface area contributed by atoms with Gasteiger partial charge in [-0.3, -0.25) is 4.79 Å². The Morgan fingerprint density at radius 1 is 0.905 bits per heavy atom. The lowest BCUT2D eigenvalue weighted by atomic mass is 10.1. The third-order valence-corrected chi connectivity index (χ3v) is 4.26. The van der Waals surface area contributed by atoms with Crippen molar-refractivity contribution in [3.63, 3.8) is 0 Å². The van der Waals surface area contributed by atoms with Gasteiger partial charge in [0.1, 0.15) is 0 Å². The van der Waals surface area contributed by atoms with Crippen LogP contribution in [0.2, 0.25) is 0 Å². The summed E-state index contributed by atoms with van der Waals surface area (Å²) in [6, 6.07) is 21.6. The predicted molar refractivity (Wildman–Crippen MR) is 87.4 cm³/mol. The lowest BCUT2D eigenvalue weighted by Crippen LogP contribution is -2.22. The summed E-state index contributed by atoms with van der Waals surface area (Å²) in [4.78, 5) is 13.3. The summed E-state index contributed by atoms with van der Waals surface area (Å²) in [7, 11) is 0. The summed E-state index contributed by atoms with van der Waals surface area (Å²) >= 11 is 1.70. The van der Waals surface area contributed by atoms with E-state index >= 15 is 0 Å². The van der Waals surface area contributed by atoms with Crippen LogP contribution in [0.1, 0.15) is 15.9 Å². The monoisotopic (exact) mass is 293 g/mol. The third kappa shape index (κ3) is 3.20. The highest BCUT2D eigenvalue weighted by Gasteiger charge is 2.09. The van der Waals surface area contributed by atoms with Gasteiger partial charge in [-0.15, -0.1) is 11.3 Å². The average Bonchev–Trinajstić information content (AvgIpc) is 3.03. The molecule has 21 heavy (non-hydrogen) atoms. The van der Waals surface area contributed by atoms with Gasteiger partial charge in [-0.25, -0.2) is 0 Å². The molecule has 1 N–H and O–H groups in total. The van der Waals surface area contributed by atoms with Crippen LogP contribution in [0.3, 0.4) is 0 Å². The van der Waals surface area contributed by atoms with Gasteiger partial charge in [0.15, 0.2) is 0 Å². The summed E-state index contributed by atoms with van der Waals surface area (Å²) in [5.74, 6) is -0.0409. The smallest absolute Gasteiger partial charge is 0.251 e. The summed E-state index contributed by atoms with van der Waals surface area (Å²) in [5.41, 5.74) is 3.03. The Hall–Kier alpha value is -2.39. The molecule has 0 aliphatic heterocycles. The number of thiophene rings is 1. The molecule has 3 heteroatoms. The average molecular weight is 293 g/mol. The second-order valence-corrected chi connectivity index (χ2v) is 5.61. The Balaban J connectivity index is 1.73. The fourth-order valence-corrected chi connectivity index (χ4v) is 3.12. The molecule has 1 amide bonds. The van der Waals surface area contributed by atoms with Crippen LogP contribution in [0.15, 0.2) is 72.1 Å². The van der Waals surface area contributed by atoms with E-state index < -0.39 is 0 Å².